The highest BCUT2D eigenvalue weighted by Gasteiger charge is 2.15. The topological polar surface area (TPSA) is 26.3 Å². The highest BCUT2D eigenvalue weighted by Crippen LogP contribution is 2.12. The molecule has 0 amide bonds. The predicted octanol–water partition coefficient (Wildman–Crippen LogP) is 2.07. The molecule has 0 unspecified atom stereocenters. The first-order chi connectivity index (χ1) is 5.84. The minimum absolute atomic E-state index is 0.0660. The molecule has 0 bridgehead atoms. The third-order valence-corrected chi connectivity index (χ3v) is 1.79. The van der Waals surface area contributed by atoms with Crippen LogP contribution in [0.2, 0.25) is 0 Å². The van der Waals surface area contributed by atoms with Crippen molar-refractivity contribution in [2.75, 3.05) is 6.61 Å². The number of allylic oxidation sites excluding steroid dienone is 3. The molecule has 2 nitrogen and oxygen atoms in total. The second-order valence-corrected chi connectivity index (χ2v) is 2.73. The lowest BCUT2D eigenvalue weighted by Crippen LogP contribution is -2.14. The van der Waals surface area contributed by atoms with Gasteiger partial charge in [0.2, 0.25) is 0 Å². The summed E-state index contributed by atoms with van der Waals surface area (Å²) < 4.78 is 4.91. The van der Waals surface area contributed by atoms with E-state index in [1.807, 2.05) is 25.2 Å². The van der Waals surface area contributed by atoms with E-state index in [9.17, 15) is 4.79 Å². The van der Waals surface area contributed by atoms with Crippen molar-refractivity contribution in [3.8, 4) is 0 Å². The minimum atomic E-state index is -0.111. The number of rotatable bonds is 2. The summed E-state index contributed by atoms with van der Waals surface area (Å²) in [5, 5.41) is 0. The third-order valence-electron chi connectivity index (χ3n) is 1.79. The maximum Gasteiger partial charge on any atom is 0.313 e. The van der Waals surface area contributed by atoms with Crippen LogP contribution in [0.3, 0.4) is 0 Å². The Bertz CT molecular complexity index is 204. The van der Waals surface area contributed by atoms with E-state index in [1.54, 1.807) is 0 Å². The fraction of sp³-hybridized carbons (Fsp3) is 0.500. The van der Waals surface area contributed by atoms with Crippen molar-refractivity contribution in [3.05, 3.63) is 24.3 Å². The van der Waals surface area contributed by atoms with Gasteiger partial charge in [0.15, 0.2) is 0 Å². The monoisotopic (exact) mass is 166 g/mol. The lowest BCUT2D eigenvalue weighted by atomic mass is 10.1. The van der Waals surface area contributed by atoms with Gasteiger partial charge in [-0.05, 0) is 19.8 Å². The molecule has 1 atom stereocenters. The van der Waals surface area contributed by atoms with Crippen molar-refractivity contribution in [2.45, 2.75) is 19.8 Å². The molecule has 1 aliphatic carbocycles. The number of ether oxygens (including phenoxy) is 1. The van der Waals surface area contributed by atoms with Crippen LogP contribution in [0.4, 0.5) is 0 Å². The normalized spacial score (nSPS) is 21.9. The molecule has 0 aromatic heterocycles. The van der Waals surface area contributed by atoms with Crippen LogP contribution in [0, 0.1) is 5.92 Å². The summed E-state index contributed by atoms with van der Waals surface area (Å²) in [5.74, 6) is -0.177. The fourth-order valence-electron chi connectivity index (χ4n) is 1.16. The smallest absolute Gasteiger partial charge is 0.313 e. The van der Waals surface area contributed by atoms with Gasteiger partial charge in [-0.1, -0.05) is 24.3 Å². The van der Waals surface area contributed by atoms with Crippen LogP contribution in [-0.4, -0.2) is 12.6 Å². The molecular formula is C10H14O2. The molecule has 0 saturated carbocycles. The quantitative estimate of drug-likeness (QED) is 0.463. The fourth-order valence-corrected chi connectivity index (χ4v) is 1.16. The standard InChI is InChI=1S/C10H14O2/c1-2-12-10(11)9-7-5-3-4-6-8-9/h3,5-6,8-9H,2,4,7H2,1H3/t9-/m1/s1. The zero-order chi connectivity index (χ0) is 8.81. The number of hydrogen-bond acceptors (Lipinski definition) is 2. The van der Waals surface area contributed by atoms with Crippen LogP contribution in [0.1, 0.15) is 19.8 Å². The van der Waals surface area contributed by atoms with E-state index < -0.39 is 0 Å². The van der Waals surface area contributed by atoms with Gasteiger partial charge in [0.05, 0.1) is 12.5 Å². The lowest BCUT2D eigenvalue weighted by Gasteiger charge is -2.07. The maximum absolute atomic E-state index is 11.2. The molecule has 2 heteroatoms. The predicted molar refractivity (Wildman–Crippen MR) is 47.6 cm³/mol. The molecule has 0 fully saturated rings. The van der Waals surface area contributed by atoms with Gasteiger partial charge in [0.1, 0.15) is 0 Å². The second kappa shape index (κ2) is 4.75. The highest BCUT2D eigenvalue weighted by molar-refractivity contribution is 5.74. The van der Waals surface area contributed by atoms with Crippen LogP contribution in [-0.2, 0) is 9.53 Å². The van der Waals surface area contributed by atoms with Gasteiger partial charge in [0, 0.05) is 0 Å². The Morgan fingerprint density at radius 1 is 1.50 bits per heavy atom. The Hall–Kier alpha value is -1.05. The second-order valence-electron chi connectivity index (χ2n) is 2.73. The van der Waals surface area contributed by atoms with Gasteiger partial charge < -0.3 is 4.74 Å². The summed E-state index contributed by atoms with van der Waals surface area (Å²) in [6.07, 6.45) is 9.73. The van der Waals surface area contributed by atoms with Crippen molar-refractivity contribution >= 4 is 5.97 Å². The van der Waals surface area contributed by atoms with Crippen LogP contribution in [0.5, 0.6) is 0 Å². The molecule has 0 aromatic carbocycles. The van der Waals surface area contributed by atoms with Crippen LogP contribution in [0.25, 0.3) is 0 Å². The first-order valence-electron chi connectivity index (χ1n) is 4.33. The van der Waals surface area contributed by atoms with E-state index in [0.29, 0.717) is 6.61 Å². The molecule has 1 aliphatic rings. The molecule has 0 aromatic rings. The molecule has 66 valence electrons. The summed E-state index contributed by atoms with van der Waals surface area (Å²) in [6.45, 7) is 2.29. The van der Waals surface area contributed by atoms with Gasteiger partial charge in [-0.15, -0.1) is 0 Å². The average molecular weight is 166 g/mol. The van der Waals surface area contributed by atoms with Crippen molar-refractivity contribution in [1.29, 1.82) is 0 Å². The number of esters is 1. The van der Waals surface area contributed by atoms with E-state index in [4.69, 9.17) is 4.74 Å². The SMILES string of the molecule is CCOC(=O)[C@H]1C=CCC=CC1. The molecule has 0 saturated heterocycles. The van der Waals surface area contributed by atoms with Crippen molar-refractivity contribution in [1.82, 2.24) is 0 Å². The summed E-state index contributed by atoms with van der Waals surface area (Å²) >= 11 is 0. The van der Waals surface area contributed by atoms with Crippen LogP contribution >= 0.6 is 0 Å². The zero-order valence-corrected chi connectivity index (χ0v) is 7.32. The molecular weight excluding hydrogens is 152 g/mol. The Morgan fingerprint density at radius 3 is 3.08 bits per heavy atom. The summed E-state index contributed by atoms with van der Waals surface area (Å²) in [6, 6.07) is 0. The molecule has 1 rings (SSSR count). The van der Waals surface area contributed by atoms with Crippen LogP contribution < -0.4 is 0 Å². The number of carbonyl (C=O) groups excluding carboxylic acids is 1. The van der Waals surface area contributed by atoms with Crippen LogP contribution in [0.15, 0.2) is 24.3 Å². The largest absolute Gasteiger partial charge is 0.466 e. The summed E-state index contributed by atoms with van der Waals surface area (Å²) in [5.41, 5.74) is 0. The van der Waals surface area contributed by atoms with Gasteiger partial charge in [-0.25, -0.2) is 0 Å². The van der Waals surface area contributed by atoms with Gasteiger partial charge in [-0.2, -0.15) is 0 Å². The Balaban J connectivity index is 2.49. The van der Waals surface area contributed by atoms with Gasteiger partial charge in [0.25, 0.3) is 0 Å². The van der Waals surface area contributed by atoms with Crippen molar-refractivity contribution in [3.63, 3.8) is 0 Å². The Morgan fingerprint density at radius 2 is 2.33 bits per heavy atom. The average Bonchev–Trinajstić information content (AvgIpc) is 2.32. The minimum Gasteiger partial charge on any atom is -0.466 e. The first-order valence-corrected chi connectivity index (χ1v) is 4.33. The summed E-state index contributed by atoms with van der Waals surface area (Å²) in [4.78, 5) is 11.2. The Labute approximate surface area is 72.9 Å². The van der Waals surface area contributed by atoms with Crippen molar-refractivity contribution in [2.24, 2.45) is 5.92 Å². The van der Waals surface area contributed by atoms with Gasteiger partial charge >= 0.3 is 5.97 Å². The molecule has 0 N–H and O–H groups in total. The number of carbonyl (C=O) groups is 1. The molecule has 12 heavy (non-hydrogen) atoms. The van der Waals surface area contributed by atoms with E-state index in [0.717, 1.165) is 12.8 Å². The van der Waals surface area contributed by atoms with E-state index in [1.165, 1.54) is 0 Å². The Kier molecular flexibility index (Phi) is 3.58. The first kappa shape index (κ1) is 9.04. The summed E-state index contributed by atoms with van der Waals surface area (Å²) in [7, 11) is 0. The van der Waals surface area contributed by atoms with E-state index in [-0.39, 0.29) is 11.9 Å². The van der Waals surface area contributed by atoms with E-state index >= 15 is 0 Å². The lowest BCUT2D eigenvalue weighted by molar-refractivity contribution is -0.146. The van der Waals surface area contributed by atoms with E-state index in [2.05, 4.69) is 6.08 Å². The maximum atomic E-state index is 11.2. The highest BCUT2D eigenvalue weighted by atomic mass is 16.5. The number of hydrogen-bond donors (Lipinski definition) is 0. The van der Waals surface area contributed by atoms with Crippen molar-refractivity contribution < 1.29 is 9.53 Å². The molecule has 0 spiro atoms. The zero-order valence-electron chi connectivity index (χ0n) is 7.32. The molecule has 0 radical (unpaired) electrons. The molecule has 0 aliphatic heterocycles. The van der Waals surface area contributed by atoms with Gasteiger partial charge in [-0.3, -0.25) is 4.79 Å². The third kappa shape index (κ3) is 2.53. The molecule has 0 heterocycles.